The SMILES string of the molecule is O=C(CCc1nc(-c2cccc(F)c2)no1)N[C@@H]1CCc2ccccc21. The van der Waals surface area contributed by atoms with E-state index in [1.165, 1.54) is 23.3 Å². The van der Waals surface area contributed by atoms with E-state index < -0.39 is 0 Å². The first-order chi connectivity index (χ1) is 12.7. The van der Waals surface area contributed by atoms with Crippen LogP contribution in [0.3, 0.4) is 0 Å². The number of nitrogens with zero attached hydrogens (tertiary/aromatic N) is 2. The minimum absolute atomic E-state index is 0.0443. The summed E-state index contributed by atoms with van der Waals surface area (Å²) in [4.78, 5) is 16.5. The van der Waals surface area contributed by atoms with Crippen LogP contribution in [0.15, 0.2) is 53.1 Å². The lowest BCUT2D eigenvalue weighted by molar-refractivity contribution is -0.121. The predicted octanol–water partition coefficient (Wildman–Crippen LogP) is 3.61. The number of aryl methyl sites for hydroxylation is 2. The molecule has 1 N–H and O–H groups in total. The van der Waals surface area contributed by atoms with E-state index in [0.717, 1.165) is 12.8 Å². The number of nitrogens with one attached hydrogen (secondary N) is 1. The number of carbonyl (C=O) groups is 1. The van der Waals surface area contributed by atoms with E-state index in [1.807, 2.05) is 12.1 Å². The quantitative estimate of drug-likeness (QED) is 0.762. The van der Waals surface area contributed by atoms with Crippen LogP contribution in [0.1, 0.15) is 35.9 Å². The van der Waals surface area contributed by atoms with Crippen molar-refractivity contribution in [1.29, 1.82) is 0 Å². The molecular formula is C20H18FN3O2. The van der Waals surface area contributed by atoms with Crippen molar-refractivity contribution in [3.05, 3.63) is 71.4 Å². The van der Waals surface area contributed by atoms with Crippen molar-refractivity contribution in [3.8, 4) is 11.4 Å². The molecule has 0 aliphatic heterocycles. The zero-order valence-electron chi connectivity index (χ0n) is 14.1. The van der Waals surface area contributed by atoms with Crippen molar-refractivity contribution in [2.75, 3.05) is 0 Å². The van der Waals surface area contributed by atoms with Gasteiger partial charge in [0.2, 0.25) is 17.6 Å². The van der Waals surface area contributed by atoms with Crippen LogP contribution in [0.5, 0.6) is 0 Å². The summed E-state index contributed by atoms with van der Waals surface area (Å²) in [6, 6.07) is 14.3. The van der Waals surface area contributed by atoms with Gasteiger partial charge in [-0.1, -0.05) is 41.6 Å². The highest BCUT2D eigenvalue weighted by Gasteiger charge is 2.23. The first-order valence-electron chi connectivity index (χ1n) is 8.65. The fourth-order valence-corrected chi connectivity index (χ4v) is 3.30. The minimum atomic E-state index is -0.356. The fourth-order valence-electron chi connectivity index (χ4n) is 3.30. The first-order valence-corrected chi connectivity index (χ1v) is 8.65. The van der Waals surface area contributed by atoms with Gasteiger partial charge in [-0.25, -0.2) is 4.39 Å². The van der Waals surface area contributed by atoms with Gasteiger partial charge < -0.3 is 9.84 Å². The largest absolute Gasteiger partial charge is 0.349 e. The third-order valence-electron chi connectivity index (χ3n) is 4.58. The number of hydrogen-bond donors (Lipinski definition) is 1. The smallest absolute Gasteiger partial charge is 0.227 e. The Kier molecular flexibility index (Phi) is 4.48. The van der Waals surface area contributed by atoms with Gasteiger partial charge in [0.25, 0.3) is 0 Å². The molecule has 0 saturated carbocycles. The number of hydrogen-bond acceptors (Lipinski definition) is 4. The van der Waals surface area contributed by atoms with Gasteiger partial charge in [-0.05, 0) is 36.1 Å². The van der Waals surface area contributed by atoms with E-state index >= 15 is 0 Å². The predicted molar refractivity (Wildman–Crippen MR) is 93.7 cm³/mol. The Labute approximate surface area is 150 Å². The summed E-state index contributed by atoms with van der Waals surface area (Å²) in [5.41, 5.74) is 3.05. The van der Waals surface area contributed by atoms with E-state index in [9.17, 15) is 9.18 Å². The second-order valence-electron chi connectivity index (χ2n) is 6.38. The van der Waals surface area contributed by atoms with E-state index in [4.69, 9.17) is 4.52 Å². The Hall–Kier alpha value is -3.02. The van der Waals surface area contributed by atoms with Crippen molar-refractivity contribution in [2.24, 2.45) is 0 Å². The van der Waals surface area contributed by atoms with E-state index in [1.54, 1.807) is 12.1 Å². The molecule has 1 atom stereocenters. The maximum Gasteiger partial charge on any atom is 0.227 e. The van der Waals surface area contributed by atoms with Gasteiger partial charge in [-0.2, -0.15) is 4.98 Å². The van der Waals surface area contributed by atoms with Crippen molar-refractivity contribution >= 4 is 5.91 Å². The van der Waals surface area contributed by atoms with Gasteiger partial charge in [0.1, 0.15) is 5.82 Å². The number of rotatable bonds is 5. The molecule has 1 aromatic heterocycles. The van der Waals surface area contributed by atoms with Crippen molar-refractivity contribution in [2.45, 2.75) is 31.7 Å². The van der Waals surface area contributed by atoms with Gasteiger partial charge in [0.05, 0.1) is 6.04 Å². The highest BCUT2D eigenvalue weighted by Crippen LogP contribution is 2.30. The lowest BCUT2D eigenvalue weighted by Gasteiger charge is -2.13. The molecule has 26 heavy (non-hydrogen) atoms. The van der Waals surface area contributed by atoms with Crippen LogP contribution in [0.2, 0.25) is 0 Å². The molecule has 132 valence electrons. The van der Waals surface area contributed by atoms with E-state index in [0.29, 0.717) is 23.7 Å². The number of amides is 1. The molecule has 1 aliphatic carbocycles. The number of carbonyl (C=O) groups excluding carboxylic acids is 1. The Morgan fingerprint density at radius 1 is 1.23 bits per heavy atom. The molecule has 1 heterocycles. The maximum atomic E-state index is 13.3. The molecule has 5 nitrogen and oxygen atoms in total. The van der Waals surface area contributed by atoms with Crippen molar-refractivity contribution in [1.82, 2.24) is 15.5 Å². The number of fused-ring (bicyclic) bond motifs is 1. The van der Waals surface area contributed by atoms with Gasteiger partial charge in [0, 0.05) is 18.4 Å². The van der Waals surface area contributed by atoms with Crippen LogP contribution in [0.4, 0.5) is 4.39 Å². The number of aromatic nitrogens is 2. The van der Waals surface area contributed by atoms with Crippen LogP contribution in [0.25, 0.3) is 11.4 Å². The van der Waals surface area contributed by atoms with Crippen LogP contribution in [-0.4, -0.2) is 16.0 Å². The standard InChI is InChI=1S/C20H18FN3O2/c21-15-6-3-5-14(12-15)20-23-19(26-24-20)11-10-18(25)22-17-9-8-13-4-1-2-7-16(13)17/h1-7,12,17H,8-11H2,(H,22,25)/t17-/m1/s1. The van der Waals surface area contributed by atoms with Crippen LogP contribution in [-0.2, 0) is 17.6 Å². The Morgan fingerprint density at radius 3 is 3.00 bits per heavy atom. The molecule has 0 saturated heterocycles. The molecule has 0 fully saturated rings. The zero-order valence-corrected chi connectivity index (χ0v) is 14.1. The summed E-state index contributed by atoms with van der Waals surface area (Å²) in [5.74, 6) is 0.290. The molecule has 1 aliphatic rings. The summed E-state index contributed by atoms with van der Waals surface area (Å²) in [6.45, 7) is 0. The average molecular weight is 351 g/mol. The number of halogens is 1. The van der Waals surface area contributed by atoms with Crippen LogP contribution < -0.4 is 5.32 Å². The molecule has 1 amide bonds. The highest BCUT2D eigenvalue weighted by atomic mass is 19.1. The Bertz CT molecular complexity index is 938. The summed E-state index contributed by atoms with van der Waals surface area (Å²) < 4.78 is 18.4. The van der Waals surface area contributed by atoms with Crippen molar-refractivity contribution in [3.63, 3.8) is 0 Å². The molecule has 0 unspecified atom stereocenters. The van der Waals surface area contributed by atoms with Gasteiger partial charge in [-0.15, -0.1) is 0 Å². The first kappa shape index (κ1) is 16.4. The van der Waals surface area contributed by atoms with E-state index in [-0.39, 0.29) is 24.2 Å². The summed E-state index contributed by atoms with van der Waals surface area (Å²) in [6.07, 6.45) is 2.53. The fraction of sp³-hybridized carbons (Fsp3) is 0.250. The third-order valence-corrected chi connectivity index (χ3v) is 4.58. The van der Waals surface area contributed by atoms with Crippen molar-refractivity contribution < 1.29 is 13.7 Å². The molecule has 6 heteroatoms. The molecule has 3 aromatic rings. The van der Waals surface area contributed by atoms with E-state index in [2.05, 4.69) is 27.6 Å². The molecular weight excluding hydrogens is 333 g/mol. The second kappa shape index (κ2) is 7.07. The second-order valence-corrected chi connectivity index (χ2v) is 6.38. The Balaban J connectivity index is 1.34. The average Bonchev–Trinajstić information content (AvgIpc) is 3.28. The molecule has 0 bridgehead atoms. The summed E-state index contributed by atoms with van der Waals surface area (Å²) in [7, 11) is 0. The highest BCUT2D eigenvalue weighted by molar-refractivity contribution is 5.76. The van der Waals surface area contributed by atoms with Gasteiger partial charge in [-0.3, -0.25) is 4.79 Å². The van der Waals surface area contributed by atoms with Gasteiger partial charge >= 0.3 is 0 Å². The molecule has 2 aromatic carbocycles. The molecule has 0 spiro atoms. The summed E-state index contributed by atoms with van der Waals surface area (Å²) >= 11 is 0. The third kappa shape index (κ3) is 3.49. The normalized spacial score (nSPS) is 15.7. The lowest BCUT2D eigenvalue weighted by Crippen LogP contribution is -2.27. The molecule has 0 radical (unpaired) electrons. The number of benzene rings is 2. The topological polar surface area (TPSA) is 68.0 Å². The summed E-state index contributed by atoms with van der Waals surface area (Å²) in [5, 5.41) is 6.93. The van der Waals surface area contributed by atoms with Crippen LogP contribution in [0, 0.1) is 5.82 Å². The zero-order chi connectivity index (χ0) is 17.9. The minimum Gasteiger partial charge on any atom is -0.349 e. The van der Waals surface area contributed by atoms with Crippen LogP contribution >= 0.6 is 0 Å². The van der Waals surface area contributed by atoms with Gasteiger partial charge in [0.15, 0.2) is 0 Å². The Morgan fingerprint density at radius 2 is 2.12 bits per heavy atom. The molecule has 4 rings (SSSR count). The lowest BCUT2D eigenvalue weighted by atomic mass is 10.1. The maximum absolute atomic E-state index is 13.3. The monoisotopic (exact) mass is 351 g/mol.